The van der Waals surface area contributed by atoms with Crippen LogP contribution in [0.3, 0.4) is 0 Å². The Bertz CT molecular complexity index is 1620. The zero-order valence-electron chi connectivity index (χ0n) is 24.2. The Morgan fingerprint density at radius 3 is 0.511 bits per heavy atom. The van der Waals surface area contributed by atoms with Gasteiger partial charge in [0.25, 0.3) is 0 Å². The molecule has 0 bridgehead atoms. The van der Waals surface area contributed by atoms with Gasteiger partial charge in [0.15, 0.2) is 0 Å². The third-order valence-electron chi connectivity index (χ3n) is 7.94. The van der Waals surface area contributed by atoms with Crippen LogP contribution in [-0.2, 0) is 12.5 Å². The first-order chi connectivity index (χ1) is 22.5. The van der Waals surface area contributed by atoms with Crippen molar-refractivity contribution >= 4 is 131 Å². The van der Waals surface area contributed by atoms with Gasteiger partial charge in [0, 0.05) is 0 Å². The molecule has 0 saturated heterocycles. The topological polar surface area (TPSA) is 0 Å². The summed E-state index contributed by atoms with van der Waals surface area (Å²) in [5.41, 5.74) is -6.95. The van der Waals surface area contributed by atoms with E-state index < -0.39 is 23.4 Å². The molecule has 6 rings (SSSR count). The summed E-state index contributed by atoms with van der Waals surface area (Å²) in [6.45, 7) is 0. The predicted octanol–water partition coefficient (Wildman–Crippen LogP) is 11.7. The third-order valence-corrected chi connectivity index (χ3v) is 55.2. The van der Waals surface area contributed by atoms with E-state index in [1.807, 2.05) is 72.8 Å². The van der Waals surface area contributed by atoms with Gasteiger partial charge < -0.3 is 0 Å². The Balaban J connectivity index is 1.88. The van der Waals surface area contributed by atoms with Gasteiger partial charge in [-0.1, -0.05) is 0 Å². The van der Waals surface area contributed by atoms with Crippen LogP contribution in [0.25, 0.3) is 0 Å². The Hall–Kier alpha value is -0.838. The van der Waals surface area contributed by atoms with Crippen LogP contribution in [0, 0.1) is 0 Å². The van der Waals surface area contributed by atoms with Crippen molar-refractivity contribution in [1.29, 1.82) is 0 Å². The van der Waals surface area contributed by atoms with Gasteiger partial charge in [-0.05, 0) is 0 Å². The third kappa shape index (κ3) is 6.57. The van der Waals surface area contributed by atoms with Crippen LogP contribution < -0.4 is 31.8 Å². The molecular formula is C36H26Cl8P2Pd. The van der Waals surface area contributed by atoms with Gasteiger partial charge >= 0.3 is 320 Å². The van der Waals surface area contributed by atoms with Gasteiger partial charge in [-0.25, -0.2) is 0 Å². The zero-order chi connectivity index (χ0) is 33.4. The van der Waals surface area contributed by atoms with Crippen LogP contribution in [0.4, 0.5) is 0 Å². The average molecular weight is 911 g/mol. The summed E-state index contributed by atoms with van der Waals surface area (Å²) in [5, 5.41) is 9.75. The second kappa shape index (κ2) is 14.8. The Morgan fingerprint density at radius 1 is 0.255 bits per heavy atom. The van der Waals surface area contributed by atoms with Crippen molar-refractivity contribution < 1.29 is 12.5 Å². The Labute approximate surface area is 316 Å². The number of hydrogen-bond acceptors (Lipinski definition) is 0. The van der Waals surface area contributed by atoms with Crippen LogP contribution in [0.1, 0.15) is 0 Å². The van der Waals surface area contributed by atoms with E-state index in [1.54, 1.807) is 0 Å². The minimum absolute atomic E-state index is 0.609. The minimum atomic E-state index is -4.03. The van der Waals surface area contributed by atoms with E-state index in [1.165, 1.54) is 0 Å². The quantitative estimate of drug-likeness (QED) is 0.105. The molecule has 6 aromatic carbocycles. The number of halogens is 8. The average Bonchev–Trinajstić information content (AvgIpc) is 3.06. The number of rotatable bonds is 8. The van der Waals surface area contributed by atoms with Gasteiger partial charge in [0.1, 0.15) is 0 Å². The van der Waals surface area contributed by atoms with Crippen molar-refractivity contribution in [3.63, 3.8) is 0 Å². The molecule has 0 atom stereocenters. The van der Waals surface area contributed by atoms with Crippen molar-refractivity contribution in [2.24, 2.45) is 0 Å². The number of hydrogen-bond donors (Lipinski definition) is 0. The molecule has 0 aliphatic rings. The second-order valence-electron chi connectivity index (χ2n) is 10.6. The van der Waals surface area contributed by atoms with E-state index in [0.29, 0.717) is 30.1 Å². The molecule has 0 fully saturated rings. The van der Waals surface area contributed by atoms with E-state index in [9.17, 15) is 0 Å². The molecule has 0 aliphatic carbocycles. The molecule has 0 spiro atoms. The van der Waals surface area contributed by atoms with Gasteiger partial charge in [0.2, 0.25) is 0 Å². The molecule has 6 aromatic rings. The standard InChI is InChI=1S/2C18H12Cl3P.2ClH.Pd/c2*19-13-1-7-16(8-2-13)22(17-9-3-14(20)4-10-17)18-11-5-15(21)6-12-18;;;/h2*1-12H;2*1H;. The molecule has 47 heavy (non-hydrogen) atoms. The monoisotopic (exact) mass is 906 g/mol. The van der Waals surface area contributed by atoms with Crippen LogP contribution in [0.15, 0.2) is 146 Å². The first kappa shape index (κ1) is 36.0. The molecule has 0 aliphatic heterocycles. The molecule has 0 saturated carbocycles. The Morgan fingerprint density at radius 2 is 0.383 bits per heavy atom. The van der Waals surface area contributed by atoms with Crippen molar-refractivity contribution in [3.05, 3.63) is 176 Å². The van der Waals surface area contributed by atoms with Crippen molar-refractivity contribution in [2.45, 2.75) is 0 Å². The predicted molar refractivity (Wildman–Crippen MR) is 215 cm³/mol. The molecule has 0 aromatic heterocycles. The van der Waals surface area contributed by atoms with E-state index in [4.69, 9.17) is 88.7 Å². The van der Waals surface area contributed by atoms with Gasteiger partial charge in [0.05, 0.1) is 0 Å². The van der Waals surface area contributed by atoms with Crippen molar-refractivity contribution in [1.82, 2.24) is 0 Å². The van der Waals surface area contributed by atoms with Crippen LogP contribution in [0.2, 0.25) is 30.1 Å². The van der Waals surface area contributed by atoms with Crippen LogP contribution in [0.5, 0.6) is 0 Å². The fourth-order valence-corrected chi connectivity index (χ4v) is 62.2. The van der Waals surface area contributed by atoms with Gasteiger partial charge in [-0.15, -0.1) is 0 Å². The molecule has 0 nitrogen and oxygen atoms in total. The molecule has 0 radical (unpaired) electrons. The molecule has 0 amide bonds. The molecule has 0 unspecified atom stereocenters. The summed E-state index contributed by atoms with van der Waals surface area (Å²) in [4.78, 5) is 0. The molecule has 0 N–H and O–H groups in total. The van der Waals surface area contributed by atoms with Gasteiger partial charge in [-0.3, -0.25) is 0 Å². The first-order valence-electron chi connectivity index (χ1n) is 14.1. The maximum atomic E-state index is 8.67. The van der Waals surface area contributed by atoms with Crippen LogP contribution in [-0.4, -0.2) is 0 Å². The van der Waals surface area contributed by atoms with E-state index in [-0.39, 0.29) is 0 Å². The number of benzene rings is 6. The summed E-state index contributed by atoms with van der Waals surface area (Å²) in [6.07, 6.45) is 0. The maximum absolute atomic E-state index is 8.67. The SMILES string of the molecule is Clc1ccc([PH](c2ccc(Cl)cc2)(c2ccc(Cl)cc2)[Pd]([Cl])([Cl])[PH](c2ccc(Cl)cc2)(c2ccc(Cl)cc2)c2ccc(Cl)cc2)cc1. The summed E-state index contributed by atoms with van der Waals surface area (Å²) < 4.78 is 0. The normalized spacial score (nSPS) is 13.3. The van der Waals surface area contributed by atoms with Gasteiger partial charge in [-0.2, -0.15) is 0 Å². The van der Waals surface area contributed by atoms with E-state index >= 15 is 0 Å². The molecular weight excluding hydrogens is 884 g/mol. The Kier molecular flexibility index (Phi) is 11.3. The zero-order valence-corrected chi connectivity index (χ0v) is 33.8. The summed E-state index contributed by atoms with van der Waals surface area (Å²) >= 11 is 35.1. The summed E-state index contributed by atoms with van der Waals surface area (Å²) in [6, 6.07) is 47.6. The van der Waals surface area contributed by atoms with E-state index in [2.05, 4.69) is 72.8 Å². The second-order valence-corrected chi connectivity index (χ2v) is 45.1. The summed E-state index contributed by atoms with van der Waals surface area (Å²) in [5.74, 6) is 0. The summed E-state index contributed by atoms with van der Waals surface area (Å²) in [7, 11) is 17.3. The fourth-order valence-electron chi connectivity index (χ4n) is 5.88. The fraction of sp³-hybridized carbons (Fsp3) is 0. The molecule has 0 heterocycles. The molecule has 246 valence electrons. The van der Waals surface area contributed by atoms with Crippen molar-refractivity contribution in [3.8, 4) is 0 Å². The van der Waals surface area contributed by atoms with E-state index in [0.717, 1.165) is 31.8 Å². The molecule has 11 heteroatoms. The van der Waals surface area contributed by atoms with Crippen molar-refractivity contribution in [2.75, 3.05) is 0 Å². The van der Waals surface area contributed by atoms with Crippen LogP contribution >= 0.6 is 99.6 Å². The first-order valence-corrected chi connectivity index (χ1v) is 28.7.